The van der Waals surface area contributed by atoms with Crippen LogP contribution in [-0.2, 0) is 33.2 Å². The van der Waals surface area contributed by atoms with Crippen molar-refractivity contribution in [3.05, 3.63) is 29.8 Å². The highest BCUT2D eigenvalue weighted by molar-refractivity contribution is 7.86. The molecule has 144 valence electrons. The van der Waals surface area contributed by atoms with Crippen LogP contribution in [0.4, 0.5) is 0 Å². The van der Waals surface area contributed by atoms with Gasteiger partial charge >= 0.3 is 0 Å². The average Bonchev–Trinajstić information content (AvgIpc) is 3.20. The second-order valence-corrected chi connectivity index (χ2v) is 8.54. The van der Waals surface area contributed by atoms with E-state index in [4.69, 9.17) is 23.1 Å². The Bertz CT molecular complexity index is 712. The lowest BCUT2D eigenvalue weighted by molar-refractivity contribution is -0.202. The Morgan fingerprint density at radius 1 is 0.962 bits per heavy atom. The van der Waals surface area contributed by atoms with Gasteiger partial charge in [-0.3, -0.25) is 4.18 Å². The van der Waals surface area contributed by atoms with Gasteiger partial charge in [0.1, 0.15) is 24.4 Å². The SMILES string of the molecule is Cc1ccc(S(=O)(=O)O[C@H]2CO[C@H]3[C@@H]2OC[C@H]3OC2CCCCO2)cc1. The molecule has 1 aromatic rings. The molecule has 0 saturated carbocycles. The standard InChI is InChI=1S/C18H24O7S/c1-12-5-7-13(8-6-12)26(19,20)25-15-11-23-17-14(10-22-18(15)17)24-16-4-2-3-9-21-16/h5-8,14-18H,2-4,9-11H2,1H3/t14-,15+,16?,17-,18-/m1/s1. The van der Waals surface area contributed by atoms with Crippen LogP contribution in [-0.4, -0.2) is 58.9 Å². The Morgan fingerprint density at radius 2 is 1.65 bits per heavy atom. The van der Waals surface area contributed by atoms with Gasteiger partial charge in [0.2, 0.25) is 0 Å². The first-order valence-corrected chi connectivity index (χ1v) is 10.4. The first kappa shape index (κ1) is 18.3. The van der Waals surface area contributed by atoms with Crippen LogP contribution in [0.25, 0.3) is 0 Å². The van der Waals surface area contributed by atoms with Crippen molar-refractivity contribution in [3.8, 4) is 0 Å². The summed E-state index contributed by atoms with van der Waals surface area (Å²) in [6, 6.07) is 6.56. The monoisotopic (exact) mass is 384 g/mol. The number of hydrogen-bond acceptors (Lipinski definition) is 7. The summed E-state index contributed by atoms with van der Waals surface area (Å²) < 4.78 is 53.5. The minimum atomic E-state index is -3.87. The van der Waals surface area contributed by atoms with Crippen molar-refractivity contribution < 1.29 is 31.5 Å². The number of ether oxygens (including phenoxy) is 4. The van der Waals surface area contributed by atoms with Gasteiger partial charge in [-0.05, 0) is 38.3 Å². The zero-order chi connectivity index (χ0) is 18.1. The summed E-state index contributed by atoms with van der Waals surface area (Å²) in [6.07, 6.45) is 1.02. The molecule has 0 spiro atoms. The van der Waals surface area contributed by atoms with Crippen LogP contribution in [0.1, 0.15) is 24.8 Å². The molecular formula is C18H24O7S. The molecule has 4 rings (SSSR count). The summed E-state index contributed by atoms with van der Waals surface area (Å²) in [5.41, 5.74) is 0.984. The van der Waals surface area contributed by atoms with Crippen LogP contribution in [0, 0.1) is 6.92 Å². The van der Waals surface area contributed by atoms with Gasteiger partial charge in [-0.1, -0.05) is 17.7 Å². The van der Waals surface area contributed by atoms with E-state index in [2.05, 4.69) is 0 Å². The summed E-state index contributed by atoms with van der Waals surface area (Å²) >= 11 is 0. The van der Waals surface area contributed by atoms with Gasteiger partial charge in [-0.25, -0.2) is 0 Å². The molecule has 1 unspecified atom stereocenters. The van der Waals surface area contributed by atoms with Crippen LogP contribution >= 0.6 is 0 Å². The van der Waals surface area contributed by atoms with Crippen LogP contribution in [0.5, 0.6) is 0 Å². The summed E-state index contributed by atoms with van der Waals surface area (Å²) in [4.78, 5) is 0.132. The van der Waals surface area contributed by atoms with Gasteiger partial charge in [0.25, 0.3) is 10.1 Å². The topological polar surface area (TPSA) is 80.3 Å². The zero-order valence-corrected chi connectivity index (χ0v) is 15.5. The minimum absolute atomic E-state index is 0.132. The highest BCUT2D eigenvalue weighted by Crippen LogP contribution is 2.33. The summed E-state index contributed by atoms with van der Waals surface area (Å²) in [5, 5.41) is 0. The fourth-order valence-electron chi connectivity index (χ4n) is 3.56. The smallest absolute Gasteiger partial charge is 0.297 e. The van der Waals surface area contributed by atoms with Crippen molar-refractivity contribution in [1.82, 2.24) is 0 Å². The predicted molar refractivity (Wildman–Crippen MR) is 91.2 cm³/mol. The molecule has 0 amide bonds. The second kappa shape index (κ2) is 7.53. The van der Waals surface area contributed by atoms with Crippen LogP contribution in [0.2, 0.25) is 0 Å². The van der Waals surface area contributed by atoms with E-state index >= 15 is 0 Å². The minimum Gasteiger partial charge on any atom is -0.370 e. The van der Waals surface area contributed by atoms with Crippen molar-refractivity contribution in [2.75, 3.05) is 19.8 Å². The number of hydrogen-bond donors (Lipinski definition) is 0. The Labute approximate surface area is 153 Å². The third kappa shape index (κ3) is 3.81. The van der Waals surface area contributed by atoms with E-state index < -0.39 is 22.3 Å². The van der Waals surface area contributed by atoms with Crippen LogP contribution in [0.15, 0.2) is 29.2 Å². The van der Waals surface area contributed by atoms with E-state index in [1.54, 1.807) is 24.3 Å². The van der Waals surface area contributed by atoms with Gasteiger partial charge in [-0.15, -0.1) is 0 Å². The molecule has 0 N–H and O–H groups in total. The first-order chi connectivity index (χ1) is 12.5. The molecule has 3 saturated heterocycles. The molecule has 3 aliphatic heterocycles. The largest absolute Gasteiger partial charge is 0.370 e. The van der Waals surface area contributed by atoms with Crippen LogP contribution < -0.4 is 0 Å². The van der Waals surface area contributed by atoms with Crippen molar-refractivity contribution in [2.45, 2.75) is 61.8 Å². The molecule has 0 radical (unpaired) electrons. The molecule has 0 aliphatic carbocycles. The van der Waals surface area contributed by atoms with Gasteiger partial charge in [-0.2, -0.15) is 8.42 Å². The molecule has 3 heterocycles. The van der Waals surface area contributed by atoms with Gasteiger partial charge in [0, 0.05) is 6.61 Å². The first-order valence-electron chi connectivity index (χ1n) is 9.03. The molecule has 0 aromatic heterocycles. The van der Waals surface area contributed by atoms with E-state index in [1.807, 2.05) is 6.92 Å². The highest BCUT2D eigenvalue weighted by atomic mass is 32.2. The fraction of sp³-hybridized carbons (Fsp3) is 0.667. The number of rotatable bonds is 5. The second-order valence-electron chi connectivity index (χ2n) is 6.97. The van der Waals surface area contributed by atoms with Gasteiger partial charge in [0.05, 0.1) is 18.1 Å². The molecule has 0 bridgehead atoms. The fourth-order valence-corrected chi connectivity index (χ4v) is 4.64. The van der Waals surface area contributed by atoms with E-state index in [-0.39, 0.29) is 30.0 Å². The lowest BCUT2D eigenvalue weighted by Crippen LogP contribution is -2.38. The van der Waals surface area contributed by atoms with Crippen molar-refractivity contribution in [3.63, 3.8) is 0 Å². The van der Waals surface area contributed by atoms with E-state index in [0.717, 1.165) is 24.8 Å². The van der Waals surface area contributed by atoms with Crippen LogP contribution in [0.3, 0.4) is 0 Å². The van der Waals surface area contributed by atoms with E-state index in [9.17, 15) is 8.42 Å². The highest BCUT2D eigenvalue weighted by Gasteiger charge is 2.51. The lowest BCUT2D eigenvalue weighted by Gasteiger charge is -2.27. The average molecular weight is 384 g/mol. The maximum absolute atomic E-state index is 12.5. The molecule has 1 aromatic carbocycles. The maximum Gasteiger partial charge on any atom is 0.297 e. The molecule has 3 aliphatic rings. The molecule has 26 heavy (non-hydrogen) atoms. The molecule has 7 nitrogen and oxygen atoms in total. The molecule has 8 heteroatoms. The Kier molecular flexibility index (Phi) is 5.31. The number of benzene rings is 1. The number of aryl methyl sites for hydroxylation is 1. The van der Waals surface area contributed by atoms with Gasteiger partial charge in [0.15, 0.2) is 6.29 Å². The lowest BCUT2D eigenvalue weighted by atomic mass is 10.1. The third-order valence-electron chi connectivity index (χ3n) is 4.99. The Hall–Kier alpha value is -1.03. The van der Waals surface area contributed by atoms with Crippen molar-refractivity contribution >= 4 is 10.1 Å². The predicted octanol–water partition coefficient (Wildman–Crippen LogP) is 1.78. The maximum atomic E-state index is 12.5. The zero-order valence-electron chi connectivity index (χ0n) is 14.7. The van der Waals surface area contributed by atoms with Crippen molar-refractivity contribution in [2.24, 2.45) is 0 Å². The quantitative estimate of drug-likeness (QED) is 0.716. The molecule has 3 fully saturated rings. The number of fused-ring (bicyclic) bond motifs is 1. The van der Waals surface area contributed by atoms with Gasteiger partial charge < -0.3 is 18.9 Å². The third-order valence-corrected chi connectivity index (χ3v) is 6.34. The summed E-state index contributed by atoms with van der Waals surface area (Å²) in [6.45, 7) is 3.11. The summed E-state index contributed by atoms with van der Waals surface area (Å²) in [7, 11) is -3.87. The Balaban J connectivity index is 1.38. The van der Waals surface area contributed by atoms with E-state index in [1.165, 1.54) is 0 Å². The van der Waals surface area contributed by atoms with E-state index in [0.29, 0.717) is 13.2 Å². The molecular weight excluding hydrogens is 360 g/mol. The molecule has 5 atom stereocenters. The summed E-state index contributed by atoms with van der Waals surface area (Å²) in [5.74, 6) is 0. The van der Waals surface area contributed by atoms with Crippen molar-refractivity contribution in [1.29, 1.82) is 0 Å². The normalized spacial score (nSPS) is 34.7. The Morgan fingerprint density at radius 3 is 2.35 bits per heavy atom.